The van der Waals surface area contributed by atoms with Crippen molar-refractivity contribution in [3.05, 3.63) is 134 Å². The third-order valence-corrected chi connectivity index (χ3v) is 14.1. The Bertz CT molecular complexity index is 2860. The minimum Gasteiger partial charge on any atom is -0.478 e. The van der Waals surface area contributed by atoms with Gasteiger partial charge in [0.1, 0.15) is 0 Å². The normalized spacial score (nSPS) is 14.5. The van der Waals surface area contributed by atoms with E-state index in [1.165, 1.54) is 29.3 Å². The number of sulfonamides is 2. The third kappa shape index (κ3) is 11.3. The van der Waals surface area contributed by atoms with Crippen LogP contribution in [0.5, 0.6) is 11.8 Å². The molecule has 24 heteroatoms. The molecule has 5 aromatic rings. The zero-order valence-corrected chi connectivity index (χ0v) is 37.9. The van der Waals surface area contributed by atoms with Gasteiger partial charge in [0, 0.05) is 87.0 Å². The molecule has 1 N–H and O–H groups in total. The molecule has 1 aliphatic rings. The molecule has 0 radical (unpaired) electrons. The number of carbonyl (C=O) groups is 1. The molecule has 1 amide bonds. The molecule has 1 unspecified atom stereocenters. The van der Waals surface area contributed by atoms with Crippen molar-refractivity contribution < 1.29 is 54.1 Å². The number of nitro benzene ring substituents is 2. The Hall–Kier alpha value is -6.76. The van der Waals surface area contributed by atoms with Crippen LogP contribution in [-0.4, -0.2) is 104 Å². The molecule has 356 valence electrons. The second-order valence-corrected chi connectivity index (χ2v) is 18.5. The minimum absolute atomic E-state index is 0.0453. The number of rotatable bonds is 19. The Morgan fingerprint density at radius 3 is 2.27 bits per heavy atom. The van der Waals surface area contributed by atoms with Gasteiger partial charge >= 0.3 is 6.18 Å². The van der Waals surface area contributed by atoms with Crippen LogP contribution in [0.2, 0.25) is 0 Å². The Morgan fingerprint density at radius 1 is 0.896 bits per heavy atom. The Balaban J connectivity index is 1.41. The number of pyridine rings is 2. The smallest absolute Gasteiger partial charge is 0.434 e. The number of halogens is 3. The van der Waals surface area contributed by atoms with E-state index < -0.39 is 95.2 Å². The molecule has 6 rings (SSSR count). The maximum absolute atomic E-state index is 14.6. The van der Waals surface area contributed by atoms with Crippen molar-refractivity contribution in [2.45, 2.75) is 55.7 Å². The van der Waals surface area contributed by atoms with Crippen LogP contribution in [0.4, 0.5) is 30.2 Å². The number of aromatic nitrogens is 2. The number of para-hydroxylation sites is 1. The Kier molecular flexibility index (Phi) is 15.4. The van der Waals surface area contributed by atoms with Crippen molar-refractivity contribution in [1.82, 2.24) is 23.9 Å². The Morgan fingerprint density at radius 2 is 1.61 bits per heavy atom. The molecule has 1 saturated heterocycles. The number of benzene rings is 3. The molecule has 19 nitrogen and oxygen atoms in total. The van der Waals surface area contributed by atoms with Crippen LogP contribution in [0, 0.1) is 20.2 Å². The summed E-state index contributed by atoms with van der Waals surface area (Å²) in [4.78, 5) is 45.6. The van der Waals surface area contributed by atoms with E-state index in [-0.39, 0.29) is 49.5 Å². The number of hydrogen-bond donors (Lipinski definition) is 1. The molecule has 0 aliphatic carbocycles. The molecule has 0 saturated carbocycles. The van der Waals surface area contributed by atoms with E-state index in [9.17, 15) is 55.0 Å². The number of piperazine rings is 1. The first-order valence-electron chi connectivity index (χ1n) is 20.8. The van der Waals surface area contributed by atoms with Gasteiger partial charge in [0.25, 0.3) is 17.3 Å². The molecule has 67 heavy (non-hydrogen) atoms. The molecule has 2 aromatic heterocycles. The largest absolute Gasteiger partial charge is 0.478 e. The van der Waals surface area contributed by atoms with E-state index in [0.717, 1.165) is 46.8 Å². The van der Waals surface area contributed by atoms with Crippen molar-refractivity contribution in [3.8, 4) is 22.9 Å². The fraction of sp³-hybridized carbons (Fsp3) is 0.326. The molecule has 1 fully saturated rings. The zero-order chi connectivity index (χ0) is 48.7. The lowest BCUT2D eigenvalue weighted by Gasteiger charge is -2.43. The molecule has 1 atom stereocenters. The molecule has 3 heterocycles. The van der Waals surface area contributed by atoms with Crippen LogP contribution in [0.15, 0.2) is 107 Å². The van der Waals surface area contributed by atoms with E-state index in [0.29, 0.717) is 28.8 Å². The maximum atomic E-state index is 14.6. The van der Waals surface area contributed by atoms with Crippen LogP contribution < -0.4 is 19.1 Å². The fourth-order valence-electron chi connectivity index (χ4n) is 7.54. The van der Waals surface area contributed by atoms with Gasteiger partial charge in [0.15, 0.2) is 10.6 Å². The van der Waals surface area contributed by atoms with E-state index in [1.807, 2.05) is 11.8 Å². The predicted molar refractivity (Wildman–Crippen MR) is 238 cm³/mol. The standard InChI is InChI=1S/C43H45F3N8O11S2/c1-4-31-28-50(42(55)35-18-20-39(64-5-2)49-40(35)43(44,45)46)24-25-52(31)36-19-13-29(34-10-9-21-47-41(34)65-6-3)26-30(36)27-51(67(62,63)33-16-14-32(15-17-33)53(56)57)23-22-48-66(60,61)38-12-8-7-11-37(38)54(58)59/h7-21,26,31,48H,4-6,22-25,27-28H2,1-3H3. The summed E-state index contributed by atoms with van der Waals surface area (Å²) in [6.45, 7) is 3.84. The summed E-state index contributed by atoms with van der Waals surface area (Å²) in [5.74, 6) is -0.926. The topological polar surface area (TPSA) is 238 Å². The van der Waals surface area contributed by atoms with E-state index >= 15 is 0 Å². The third-order valence-electron chi connectivity index (χ3n) is 10.7. The lowest BCUT2D eigenvalue weighted by molar-refractivity contribution is -0.387. The van der Waals surface area contributed by atoms with Crippen LogP contribution in [-0.2, 0) is 32.8 Å². The van der Waals surface area contributed by atoms with Gasteiger partial charge in [-0.05, 0) is 79.9 Å². The second-order valence-electron chi connectivity index (χ2n) is 14.8. The molecule has 0 bridgehead atoms. The number of hydrogen-bond acceptors (Lipinski definition) is 14. The molecule has 3 aromatic carbocycles. The van der Waals surface area contributed by atoms with Crippen LogP contribution in [0.25, 0.3) is 11.1 Å². The first-order chi connectivity index (χ1) is 31.8. The fourth-order valence-corrected chi connectivity index (χ4v) is 10.1. The van der Waals surface area contributed by atoms with Gasteiger partial charge in [-0.3, -0.25) is 25.0 Å². The van der Waals surface area contributed by atoms with Gasteiger partial charge < -0.3 is 19.3 Å². The van der Waals surface area contributed by atoms with Crippen molar-refractivity contribution in [1.29, 1.82) is 0 Å². The average Bonchev–Trinajstić information content (AvgIpc) is 3.30. The van der Waals surface area contributed by atoms with Gasteiger partial charge in [-0.25, -0.2) is 31.5 Å². The number of non-ortho nitro benzene ring substituents is 1. The predicted octanol–water partition coefficient (Wildman–Crippen LogP) is 6.69. The van der Waals surface area contributed by atoms with Gasteiger partial charge in [-0.15, -0.1) is 0 Å². The number of alkyl halides is 3. The molecule has 0 spiro atoms. The van der Waals surface area contributed by atoms with Crippen molar-refractivity contribution in [2.75, 3.05) is 50.8 Å². The van der Waals surface area contributed by atoms with Gasteiger partial charge in [-0.1, -0.05) is 25.1 Å². The van der Waals surface area contributed by atoms with E-state index in [1.54, 1.807) is 44.2 Å². The summed E-state index contributed by atoms with van der Waals surface area (Å²) >= 11 is 0. The number of anilines is 1. The molecular weight excluding hydrogens is 926 g/mol. The number of nitrogens with zero attached hydrogens (tertiary/aromatic N) is 7. The highest BCUT2D eigenvalue weighted by Gasteiger charge is 2.40. The van der Waals surface area contributed by atoms with Crippen LogP contribution in [0.1, 0.15) is 48.8 Å². The number of amides is 1. The highest BCUT2D eigenvalue weighted by Crippen LogP contribution is 2.37. The number of ether oxygens (including phenoxy) is 2. The molecule has 1 aliphatic heterocycles. The maximum Gasteiger partial charge on any atom is 0.434 e. The van der Waals surface area contributed by atoms with Crippen molar-refractivity contribution in [2.24, 2.45) is 0 Å². The Labute approximate surface area is 383 Å². The van der Waals surface area contributed by atoms with E-state index in [4.69, 9.17) is 9.47 Å². The van der Waals surface area contributed by atoms with Gasteiger partial charge in [-0.2, -0.15) is 17.5 Å². The summed E-state index contributed by atoms with van der Waals surface area (Å²) in [7, 11) is -9.22. The first kappa shape index (κ1) is 49.7. The van der Waals surface area contributed by atoms with Gasteiger partial charge in [0.05, 0.1) is 33.5 Å². The van der Waals surface area contributed by atoms with Crippen LogP contribution in [0.3, 0.4) is 0 Å². The second kappa shape index (κ2) is 20.8. The monoisotopic (exact) mass is 970 g/mol. The van der Waals surface area contributed by atoms with Crippen molar-refractivity contribution in [3.63, 3.8) is 0 Å². The highest BCUT2D eigenvalue weighted by molar-refractivity contribution is 7.89. The number of nitro groups is 2. The summed E-state index contributed by atoms with van der Waals surface area (Å²) < 4.78 is 113. The number of carbonyl (C=O) groups excluding carboxylic acids is 1. The van der Waals surface area contributed by atoms with Crippen molar-refractivity contribution >= 4 is 43.0 Å². The lowest BCUT2D eigenvalue weighted by atomic mass is 9.99. The summed E-state index contributed by atoms with van der Waals surface area (Å²) in [6, 6.07) is 18.9. The number of nitrogens with one attached hydrogen (secondary N) is 1. The average molecular weight is 971 g/mol. The summed E-state index contributed by atoms with van der Waals surface area (Å²) in [5, 5.41) is 23.2. The molecular formula is C43H45F3N8O11S2. The first-order valence-corrected chi connectivity index (χ1v) is 23.7. The minimum atomic E-state index is -4.98. The summed E-state index contributed by atoms with van der Waals surface area (Å²) in [6.07, 6.45) is -3.08. The zero-order valence-electron chi connectivity index (χ0n) is 36.3. The lowest BCUT2D eigenvalue weighted by Crippen LogP contribution is -2.55. The summed E-state index contributed by atoms with van der Waals surface area (Å²) in [5.41, 5.74) is -1.27. The van der Waals surface area contributed by atoms with E-state index in [2.05, 4.69) is 14.7 Å². The van der Waals surface area contributed by atoms with Crippen LogP contribution >= 0.6 is 0 Å². The van der Waals surface area contributed by atoms with Gasteiger partial charge in [0.2, 0.25) is 31.8 Å². The quantitative estimate of drug-likeness (QED) is 0.0671. The SMILES string of the molecule is CCOc1ccc(C(=O)N2CCN(c3ccc(-c4cccnc4OCC)cc3CN(CCNS(=O)(=O)c3ccccc3[N+](=O)[O-])S(=O)(=O)c3ccc([N+](=O)[O-])cc3)C(CC)C2)c(C(F)(F)F)n1. The highest BCUT2D eigenvalue weighted by atomic mass is 32.2.